The van der Waals surface area contributed by atoms with Crippen LogP contribution in [0.5, 0.6) is 0 Å². The summed E-state index contributed by atoms with van der Waals surface area (Å²) in [6.07, 6.45) is 2.53. The third kappa shape index (κ3) is 5.97. The predicted octanol–water partition coefficient (Wildman–Crippen LogP) is 3.54. The number of benzene rings is 1. The molecule has 0 heterocycles. The first-order chi connectivity index (χ1) is 9.58. The molecule has 0 aliphatic rings. The Morgan fingerprint density at radius 2 is 2.05 bits per heavy atom. The van der Waals surface area contributed by atoms with Crippen LogP contribution < -0.4 is 5.32 Å². The first-order valence-electron chi connectivity index (χ1n) is 7.18. The van der Waals surface area contributed by atoms with Gasteiger partial charge in [0.2, 0.25) is 0 Å². The van der Waals surface area contributed by atoms with Gasteiger partial charge in [-0.1, -0.05) is 37.3 Å². The van der Waals surface area contributed by atoms with Crippen molar-refractivity contribution < 1.29 is 9.90 Å². The van der Waals surface area contributed by atoms with Crippen LogP contribution in [0, 0.1) is 0 Å². The number of aliphatic carboxylic acids is 1. The molecule has 3 nitrogen and oxygen atoms in total. The van der Waals surface area contributed by atoms with Crippen molar-refractivity contribution >= 4 is 17.7 Å². The molecule has 1 aromatic rings. The molecule has 1 unspecified atom stereocenters. The Kier molecular flexibility index (Phi) is 7.70. The molecule has 0 aromatic heterocycles. The Balaban J connectivity index is 2.25. The molecule has 4 heteroatoms. The smallest absolute Gasteiger partial charge is 0.323 e. The van der Waals surface area contributed by atoms with Crippen LogP contribution >= 0.6 is 11.8 Å². The third-order valence-electron chi connectivity index (χ3n) is 3.31. The lowest BCUT2D eigenvalue weighted by Crippen LogP contribution is -2.49. The summed E-state index contributed by atoms with van der Waals surface area (Å²) in [6.45, 7) is 4.58. The first-order valence-corrected chi connectivity index (χ1v) is 8.34. The normalized spacial score (nSPS) is 13.9. The average molecular weight is 295 g/mol. The van der Waals surface area contributed by atoms with Crippen molar-refractivity contribution in [3.05, 3.63) is 35.9 Å². The van der Waals surface area contributed by atoms with Gasteiger partial charge in [-0.05, 0) is 44.0 Å². The number of carboxylic acids is 1. The second-order valence-electron chi connectivity index (χ2n) is 5.21. The SMILES string of the molecule is CCCNC(C)(CCCSCc1ccccc1)C(=O)O. The molecule has 0 amide bonds. The van der Waals surface area contributed by atoms with Gasteiger partial charge in [0.15, 0.2) is 0 Å². The van der Waals surface area contributed by atoms with E-state index in [1.165, 1.54) is 5.56 Å². The highest BCUT2D eigenvalue weighted by Gasteiger charge is 2.31. The lowest BCUT2D eigenvalue weighted by molar-refractivity contribution is -0.144. The van der Waals surface area contributed by atoms with Gasteiger partial charge in [0.05, 0.1) is 0 Å². The molecule has 0 spiro atoms. The van der Waals surface area contributed by atoms with Crippen LogP contribution in [0.2, 0.25) is 0 Å². The molecule has 0 bridgehead atoms. The number of thioether (sulfide) groups is 1. The fourth-order valence-corrected chi connectivity index (χ4v) is 2.88. The van der Waals surface area contributed by atoms with E-state index in [-0.39, 0.29) is 0 Å². The number of nitrogens with one attached hydrogen (secondary N) is 1. The molecular weight excluding hydrogens is 270 g/mol. The van der Waals surface area contributed by atoms with Crippen molar-refractivity contribution in [1.82, 2.24) is 5.32 Å². The summed E-state index contributed by atoms with van der Waals surface area (Å²) in [5.74, 6) is 1.23. The van der Waals surface area contributed by atoms with E-state index in [4.69, 9.17) is 0 Å². The predicted molar refractivity (Wildman–Crippen MR) is 86.2 cm³/mol. The molecular formula is C16H25NO2S. The highest BCUT2D eigenvalue weighted by Crippen LogP contribution is 2.18. The van der Waals surface area contributed by atoms with Gasteiger partial charge in [-0.25, -0.2) is 0 Å². The summed E-state index contributed by atoms with van der Waals surface area (Å²) in [6, 6.07) is 10.4. The maximum atomic E-state index is 11.3. The van der Waals surface area contributed by atoms with E-state index in [9.17, 15) is 9.90 Å². The number of carboxylic acid groups (broad SMARTS) is 1. The van der Waals surface area contributed by atoms with Crippen LogP contribution in [0.25, 0.3) is 0 Å². The van der Waals surface area contributed by atoms with Crippen molar-refractivity contribution in [3.63, 3.8) is 0 Å². The minimum Gasteiger partial charge on any atom is -0.480 e. The second-order valence-corrected chi connectivity index (χ2v) is 6.31. The molecule has 112 valence electrons. The molecule has 2 N–H and O–H groups in total. The van der Waals surface area contributed by atoms with Gasteiger partial charge in [0.25, 0.3) is 0 Å². The zero-order chi connectivity index (χ0) is 14.8. The van der Waals surface area contributed by atoms with E-state index in [0.717, 1.165) is 30.9 Å². The van der Waals surface area contributed by atoms with Gasteiger partial charge >= 0.3 is 5.97 Å². The topological polar surface area (TPSA) is 49.3 Å². The summed E-state index contributed by atoms with van der Waals surface area (Å²) >= 11 is 1.86. The van der Waals surface area contributed by atoms with Crippen LogP contribution in [0.4, 0.5) is 0 Å². The van der Waals surface area contributed by atoms with Crippen molar-refractivity contribution in [2.24, 2.45) is 0 Å². The molecule has 0 aliphatic carbocycles. The summed E-state index contributed by atoms with van der Waals surface area (Å²) in [5.41, 5.74) is 0.533. The monoisotopic (exact) mass is 295 g/mol. The van der Waals surface area contributed by atoms with Gasteiger partial charge in [0.1, 0.15) is 5.54 Å². The summed E-state index contributed by atoms with van der Waals surface area (Å²) < 4.78 is 0. The standard InChI is InChI=1S/C16H25NO2S/c1-3-11-17-16(2,15(18)19)10-7-12-20-13-14-8-5-4-6-9-14/h4-6,8-9,17H,3,7,10-13H2,1-2H3,(H,18,19). The summed E-state index contributed by atoms with van der Waals surface area (Å²) in [7, 11) is 0. The maximum Gasteiger partial charge on any atom is 0.323 e. The Morgan fingerprint density at radius 3 is 2.65 bits per heavy atom. The first kappa shape index (κ1) is 17.1. The average Bonchev–Trinajstić information content (AvgIpc) is 2.45. The Bertz CT molecular complexity index is 397. The quantitative estimate of drug-likeness (QED) is 0.648. The van der Waals surface area contributed by atoms with Crippen molar-refractivity contribution in [2.45, 2.75) is 44.4 Å². The minimum atomic E-state index is -0.788. The molecule has 0 saturated carbocycles. The summed E-state index contributed by atoms with van der Waals surface area (Å²) in [5, 5.41) is 12.5. The van der Waals surface area contributed by atoms with E-state index in [0.29, 0.717) is 6.42 Å². The molecule has 0 saturated heterocycles. The van der Waals surface area contributed by atoms with Gasteiger partial charge in [-0.15, -0.1) is 0 Å². The van der Waals surface area contributed by atoms with Crippen molar-refractivity contribution in [2.75, 3.05) is 12.3 Å². The van der Waals surface area contributed by atoms with Crippen LogP contribution in [-0.2, 0) is 10.5 Å². The van der Waals surface area contributed by atoms with E-state index in [1.807, 2.05) is 36.9 Å². The molecule has 1 aromatic carbocycles. The third-order valence-corrected chi connectivity index (χ3v) is 4.43. The van der Waals surface area contributed by atoms with E-state index in [1.54, 1.807) is 6.92 Å². The molecule has 0 radical (unpaired) electrons. The van der Waals surface area contributed by atoms with Crippen LogP contribution in [0.3, 0.4) is 0 Å². The highest BCUT2D eigenvalue weighted by molar-refractivity contribution is 7.98. The van der Waals surface area contributed by atoms with Crippen LogP contribution in [0.1, 0.15) is 38.7 Å². The number of carbonyl (C=O) groups is 1. The molecule has 0 fully saturated rings. The van der Waals surface area contributed by atoms with E-state index >= 15 is 0 Å². The van der Waals surface area contributed by atoms with E-state index < -0.39 is 11.5 Å². The lowest BCUT2D eigenvalue weighted by atomic mass is 9.96. The minimum absolute atomic E-state index is 0.671. The molecule has 0 aliphatic heterocycles. The van der Waals surface area contributed by atoms with E-state index in [2.05, 4.69) is 17.4 Å². The maximum absolute atomic E-state index is 11.3. The van der Waals surface area contributed by atoms with Crippen molar-refractivity contribution in [1.29, 1.82) is 0 Å². The molecule has 1 rings (SSSR count). The zero-order valence-electron chi connectivity index (χ0n) is 12.4. The number of hydrogen-bond acceptors (Lipinski definition) is 3. The second kappa shape index (κ2) is 9.03. The molecule has 1 atom stereocenters. The highest BCUT2D eigenvalue weighted by atomic mass is 32.2. The van der Waals surface area contributed by atoms with Gasteiger partial charge in [-0.3, -0.25) is 4.79 Å². The van der Waals surface area contributed by atoms with Gasteiger partial charge < -0.3 is 10.4 Å². The Hall–Kier alpha value is -1.00. The largest absolute Gasteiger partial charge is 0.480 e. The fourth-order valence-electron chi connectivity index (χ4n) is 1.96. The zero-order valence-corrected chi connectivity index (χ0v) is 13.2. The van der Waals surface area contributed by atoms with Crippen LogP contribution in [-0.4, -0.2) is 28.9 Å². The molecule has 20 heavy (non-hydrogen) atoms. The number of rotatable bonds is 10. The Morgan fingerprint density at radius 1 is 1.35 bits per heavy atom. The fraction of sp³-hybridized carbons (Fsp3) is 0.562. The Labute approximate surface area is 126 Å². The number of hydrogen-bond donors (Lipinski definition) is 2. The summed E-state index contributed by atoms with van der Waals surface area (Å²) in [4.78, 5) is 11.3. The van der Waals surface area contributed by atoms with Gasteiger partial charge in [0, 0.05) is 5.75 Å². The van der Waals surface area contributed by atoms with Crippen molar-refractivity contribution in [3.8, 4) is 0 Å². The van der Waals surface area contributed by atoms with Crippen LogP contribution in [0.15, 0.2) is 30.3 Å². The lowest BCUT2D eigenvalue weighted by Gasteiger charge is -2.26. The van der Waals surface area contributed by atoms with Gasteiger partial charge in [-0.2, -0.15) is 11.8 Å².